The average molecular weight is 283 g/mol. The van der Waals surface area contributed by atoms with Crippen molar-refractivity contribution >= 4 is 17.3 Å². The van der Waals surface area contributed by atoms with E-state index in [-0.39, 0.29) is 11.3 Å². The van der Waals surface area contributed by atoms with Crippen molar-refractivity contribution in [3.63, 3.8) is 0 Å². The van der Waals surface area contributed by atoms with Crippen LogP contribution in [0.1, 0.15) is 10.4 Å². The number of nitrogens with zero attached hydrogens (tertiary/aromatic N) is 2. The van der Waals surface area contributed by atoms with E-state index in [0.717, 1.165) is 5.06 Å². The van der Waals surface area contributed by atoms with Crippen molar-refractivity contribution in [2.75, 3.05) is 39.7 Å². The molecule has 1 N–H and O–H groups in total. The Bertz CT molecular complexity index is 492. The van der Waals surface area contributed by atoms with Crippen molar-refractivity contribution in [2.24, 2.45) is 0 Å². The molecule has 0 aromatic heterocycles. The third-order valence-electron chi connectivity index (χ3n) is 2.62. The van der Waals surface area contributed by atoms with Gasteiger partial charge < -0.3 is 10.1 Å². The van der Waals surface area contributed by atoms with Crippen LogP contribution in [0.2, 0.25) is 0 Å². The van der Waals surface area contributed by atoms with Gasteiger partial charge >= 0.3 is 0 Å². The van der Waals surface area contributed by atoms with Crippen molar-refractivity contribution in [3.05, 3.63) is 33.9 Å². The number of methoxy groups -OCH3 is 1. The van der Waals surface area contributed by atoms with Gasteiger partial charge in [-0.05, 0) is 12.1 Å². The number of anilines is 1. The maximum Gasteiger partial charge on any atom is 0.293 e. The molecule has 0 aliphatic heterocycles. The van der Waals surface area contributed by atoms with Gasteiger partial charge in [-0.15, -0.1) is 0 Å². The van der Waals surface area contributed by atoms with E-state index in [9.17, 15) is 14.9 Å². The first kappa shape index (κ1) is 15.9. The second-order valence-corrected chi connectivity index (χ2v) is 3.89. The molecule has 0 bridgehead atoms. The Kier molecular flexibility index (Phi) is 5.88. The van der Waals surface area contributed by atoms with Crippen LogP contribution < -0.4 is 5.32 Å². The van der Waals surface area contributed by atoms with E-state index in [4.69, 9.17) is 9.57 Å². The number of nitro benzene ring substituents is 1. The van der Waals surface area contributed by atoms with Crippen LogP contribution in [-0.2, 0) is 9.57 Å². The molecule has 1 aromatic rings. The van der Waals surface area contributed by atoms with Gasteiger partial charge in [-0.1, -0.05) is 0 Å². The van der Waals surface area contributed by atoms with Crippen molar-refractivity contribution < 1.29 is 19.3 Å². The highest BCUT2D eigenvalue weighted by atomic mass is 16.7. The fourth-order valence-electron chi connectivity index (χ4n) is 1.52. The first-order valence-electron chi connectivity index (χ1n) is 5.84. The third-order valence-corrected chi connectivity index (χ3v) is 2.62. The number of hydrogen-bond acceptors (Lipinski definition) is 6. The van der Waals surface area contributed by atoms with E-state index in [1.165, 1.54) is 32.4 Å². The molecule has 0 saturated heterocycles. The molecular formula is C12H17N3O5. The Hall–Kier alpha value is -2.19. The monoisotopic (exact) mass is 283 g/mol. The minimum atomic E-state index is -0.543. The smallest absolute Gasteiger partial charge is 0.293 e. The van der Waals surface area contributed by atoms with E-state index in [1.807, 2.05) is 0 Å². The molecule has 0 radical (unpaired) electrons. The molecule has 1 rings (SSSR count). The lowest BCUT2D eigenvalue weighted by molar-refractivity contribution is -0.384. The highest BCUT2D eigenvalue weighted by molar-refractivity contribution is 5.95. The molecule has 8 nitrogen and oxygen atoms in total. The topological polar surface area (TPSA) is 93.9 Å². The Morgan fingerprint density at radius 1 is 1.45 bits per heavy atom. The summed E-state index contributed by atoms with van der Waals surface area (Å²) in [5.74, 6) is -0.459. The van der Waals surface area contributed by atoms with Crippen LogP contribution in [0.5, 0.6) is 0 Å². The van der Waals surface area contributed by atoms with E-state index in [2.05, 4.69) is 5.32 Å². The van der Waals surface area contributed by atoms with E-state index < -0.39 is 10.8 Å². The van der Waals surface area contributed by atoms with Gasteiger partial charge in [-0.3, -0.25) is 19.7 Å². The average Bonchev–Trinajstić information content (AvgIpc) is 2.46. The summed E-state index contributed by atoms with van der Waals surface area (Å²) in [6.45, 7) is 0.854. The van der Waals surface area contributed by atoms with Gasteiger partial charge in [0.15, 0.2) is 0 Å². The molecule has 0 saturated carbocycles. The predicted molar refractivity (Wildman–Crippen MR) is 72.6 cm³/mol. The number of carbonyl (C=O) groups is 1. The molecule has 8 heteroatoms. The highest BCUT2D eigenvalue weighted by Crippen LogP contribution is 2.25. The number of ether oxygens (including phenoxy) is 1. The number of rotatable bonds is 7. The van der Waals surface area contributed by atoms with Crippen LogP contribution in [0.15, 0.2) is 18.2 Å². The van der Waals surface area contributed by atoms with Crippen LogP contribution in [0.3, 0.4) is 0 Å². The Balaban J connectivity index is 3.00. The third kappa shape index (κ3) is 3.90. The summed E-state index contributed by atoms with van der Waals surface area (Å²) >= 11 is 0. The molecule has 0 spiro atoms. The lowest BCUT2D eigenvalue weighted by atomic mass is 10.1. The lowest BCUT2D eigenvalue weighted by Crippen LogP contribution is -2.25. The maximum atomic E-state index is 11.9. The number of benzene rings is 1. The Labute approximate surface area is 116 Å². The standard InChI is InChI=1S/C12H17N3O5/c1-14(20-3)12(16)9-4-5-10(13-6-7-19-2)11(8-9)15(17)18/h4-5,8,13H,6-7H2,1-3H3. The second-order valence-electron chi connectivity index (χ2n) is 3.89. The molecule has 1 aromatic carbocycles. The zero-order chi connectivity index (χ0) is 15.1. The minimum absolute atomic E-state index is 0.170. The van der Waals surface area contributed by atoms with Crippen LogP contribution in [0.25, 0.3) is 0 Å². The summed E-state index contributed by atoms with van der Waals surface area (Å²) in [5.41, 5.74) is 0.346. The molecule has 20 heavy (non-hydrogen) atoms. The molecule has 0 heterocycles. The molecule has 0 aliphatic carbocycles. The van der Waals surface area contributed by atoms with Gasteiger partial charge in [0, 0.05) is 32.3 Å². The van der Waals surface area contributed by atoms with Gasteiger partial charge in [0.25, 0.3) is 11.6 Å². The van der Waals surface area contributed by atoms with Gasteiger partial charge in [0.05, 0.1) is 18.6 Å². The molecule has 110 valence electrons. The number of carbonyl (C=O) groups excluding carboxylic acids is 1. The molecule has 0 unspecified atom stereocenters. The number of hydrogen-bond donors (Lipinski definition) is 1. The number of amides is 1. The molecule has 1 amide bonds. The van der Waals surface area contributed by atoms with Gasteiger partial charge in [-0.25, -0.2) is 5.06 Å². The first-order chi connectivity index (χ1) is 9.51. The van der Waals surface area contributed by atoms with Crippen LogP contribution in [0, 0.1) is 10.1 Å². The van der Waals surface area contributed by atoms with Crippen molar-refractivity contribution in [2.45, 2.75) is 0 Å². The minimum Gasteiger partial charge on any atom is -0.383 e. The normalized spacial score (nSPS) is 10.2. The quantitative estimate of drug-likeness (QED) is 0.460. The first-order valence-corrected chi connectivity index (χ1v) is 5.84. The number of hydroxylamine groups is 2. The highest BCUT2D eigenvalue weighted by Gasteiger charge is 2.19. The van der Waals surface area contributed by atoms with Crippen molar-refractivity contribution in [1.29, 1.82) is 0 Å². The zero-order valence-electron chi connectivity index (χ0n) is 11.6. The fourth-order valence-corrected chi connectivity index (χ4v) is 1.52. The molecular weight excluding hydrogens is 266 g/mol. The van der Waals surface area contributed by atoms with E-state index >= 15 is 0 Å². The van der Waals surface area contributed by atoms with Crippen molar-refractivity contribution in [1.82, 2.24) is 5.06 Å². The summed E-state index contributed by atoms with van der Waals surface area (Å²) in [4.78, 5) is 27.1. The molecule has 0 fully saturated rings. The largest absolute Gasteiger partial charge is 0.383 e. The zero-order valence-corrected chi connectivity index (χ0v) is 11.6. The fraction of sp³-hybridized carbons (Fsp3) is 0.417. The van der Waals surface area contributed by atoms with Crippen LogP contribution in [0.4, 0.5) is 11.4 Å². The summed E-state index contributed by atoms with van der Waals surface area (Å²) in [6, 6.07) is 4.21. The summed E-state index contributed by atoms with van der Waals surface area (Å²) < 4.78 is 4.86. The van der Waals surface area contributed by atoms with Crippen molar-refractivity contribution in [3.8, 4) is 0 Å². The summed E-state index contributed by atoms with van der Waals surface area (Å²) in [5, 5.41) is 14.9. The lowest BCUT2D eigenvalue weighted by Gasteiger charge is -2.14. The second kappa shape index (κ2) is 7.41. The summed E-state index contributed by atoms with van der Waals surface area (Å²) in [6.07, 6.45) is 0. The van der Waals surface area contributed by atoms with Gasteiger partial charge in [0.2, 0.25) is 0 Å². The van der Waals surface area contributed by atoms with Gasteiger partial charge in [0.1, 0.15) is 5.69 Å². The SMILES string of the molecule is COCCNc1ccc(C(=O)N(C)OC)cc1[N+](=O)[O-]. The van der Waals surface area contributed by atoms with Crippen LogP contribution in [-0.4, -0.2) is 50.3 Å². The predicted octanol–water partition coefficient (Wildman–Crippen LogP) is 1.29. The number of nitrogens with one attached hydrogen (secondary N) is 1. The Morgan fingerprint density at radius 2 is 2.15 bits per heavy atom. The van der Waals surface area contributed by atoms with E-state index in [1.54, 1.807) is 7.11 Å². The maximum absolute atomic E-state index is 11.9. The number of nitro groups is 1. The van der Waals surface area contributed by atoms with Crippen LogP contribution >= 0.6 is 0 Å². The van der Waals surface area contributed by atoms with E-state index in [0.29, 0.717) is 18.8 Å². The summed E-state index contributed by atoms with van der Waals surface area (Å²) in [7, 11) is 4.31. The van der Waals surface area contributed by atoms with Gasteiger partial charge in [-0.2, -0.15) is 0 Å². The molecule has 0 atom stereocenters. The molecule has 0 aliphatic rings. The Morgan fingerprint density at radius 3 is 2.70 bits per heavy atom.